The highest BCUT2D eigenvalue weighted by Crippen LogP contribution is 2.28. The van der Waals surface area contributed by atoms with Gasteiger partial charge in [-0.25, -0.2) is 0 Å². The van der Waals surface area contributed by atoms with Crippen LogP contribution < -0.4 is 5.32 Å². The molecule has 0 saturated carbocycles. The summed E-state index contributed by atoms with van der Waals surface area (Å²) in [7, 11) is 0. The SMILES string of the molecule is Brc1csc(-c2noc(CC3CCNCC3)n2)c1. The molecule has 0 spiro atoms. The number of halogens is 1. The van der Waals surface area contributed by atoms with Gasteiger partial charge >= 0.3 is 0 Å². The van der Waals surface area contributed by atoms with Crippen LogP contribution in [0.25, 0.3) is 10.7 Å². The highest BCUT2D eigenvalue weighted by atomic mass is 79.9. The van der Waals surface area contributed by atoms with Crippen LogP contribution >= 0.6 is 27.3 Å². The molecule has 3 rings (SSSR count). The van der Waals surface area contributed by atoms with E-state index in [0.29, 0.717) is 11.7 Å². The van der Waals surface area contributed by atoms with Crippen molar-refractivity contribution in [2.75, 3.05) is 13.1 Å². The van der Waals surface area contributed by atoms with E-state index in [4.69, 9.17) is 4.52 Å². The van der Waals surface area contributed by atoms with Crippen LogP contribution in [0.15, 0.2) is 20.4 Å². The molecule has 0 aromatic carbocycles. The van der Waals surface area contributed by atoms with Gasteiger partial charge in [0.2, 0.25) is 11.7 Å². The normalized spacial score (nSPS) is 17.2. The highest BCUT2D eigenvalue weighted by Gasteiger charge is 2.18. The van der Waals surface area contributed by atoms with Crippen molar-refractivity contribution in [2.45, 2.75) is 19.3 Å². The van der Waals surface area contributed by atoms with Gasteiger partial charge in [-0.2, -0.15) is 4.98 Å². The zero-order valence-electron chi connectivity index (χ0n) is 9.86. The smallest absolute Gasteiger partial charge is 0.227 e. The van der Waals surface area contributed by atoms with Gasteiger partial charge in [-0.05, 0) is 53.8 Å². The highest BCUT2D eigenvalue weighted by molar-refractivity contribution is 9.10. The summed E-state index contributed by atoms with van der Waals surface area (Å²) in [5.41, 5.74) is 0. The third-order valence-corrected chi connectivity index (χ3v) is 4.86. The fourth-order valence-electron chi connectivity index (χ4n) is 2.20. The second-order valence-corrected chi connectivity index (χ2v) is 6.37. The van der Waals surface area contributed by atoms with Gasteiger partial charge in [0.05, 0.1) is 4.88 Å². The Morgan fingerprint density at radius 3 is 3.00 bits per heavy atom. The summed E-state index contributed by atoms with van der Waals surface area (Å²) in [5.74, 6) is 2.14. The predicted molar refractivity (Wildman–Crippen MR) is 74.6 cm³/mol. The molecule has 96 valence electrons. The fourth-order valence-corrected chi connectivity index (χ4v) is 3.55. The van der Waals surface area contributed by atoms with E-state index in [1.54, 1.807) is 11.3 Å². The Morgan fingerprint density at radius 2 is 2.28 bits per heavy atom. The quantitative estimate of drug-likeness (QED) is 0.941. The zero-order chi connectivity index (χ0) is 12.4. The molecule has 6 heteroatoms. The van der Waals surface area contributed by atoms with Crippen LogP contribution in [-0.2, 0) is 6.42 Å². The Kier molecular flexibility index (Phi) is 3.77. The van der Waals surface area contributed by atoms with Crippen LogP contribution in [-0.4, -0.2) is 23.2 Å². The minimum absolute atomic E-state index is 0.676. The number of aromatic nitrogens is 2. The van der Waals surface area contributed by atoms with E-state index in [-0.39, 0.29) is 0 Å². The minimum atomic E-state index is 0.676. The summed E-state index contributed by atoms with van der Waals surface area (Å²) in [6, 6.07) is 2.02. The van der Waals surface area contributed by atoms with Crippen molar-refractivity contribution < 1.29 is 4.52 Å². The van der Waals surface area contributed by atoms with E-state index in [2.05, 4.69) is 31.4 Å². The lowest BCUT2D eigenvalue weighted by Gasteiger charge is -2.20. The van der Waals surface area contributed by atoms with Gasteiger partial charge in [-0.15, -0.1) is 11.3 Å². The number of piperidine rings is 1. The Bertz CT molecular complexity index is 519. The molecule has 4 nitrogen and oxygen atoms in total. The van der Waals surface area contributed by atoms with Gasteiger partial charge < -0.3 is 9.84 Å². The van der Waals surface area contributed by atoms with E-state index in [9.17, 15) is 0 Å². The van der Waals surface area contributed by atoms with Gasteiger partial charge in [-0.1, -0.05) is 5.16 Å². The van der Waals surface area contributed by atoms with Gasteiger partial charge in [0.25, 0.3) is 0 Å². The molecule has 0 radical (unpaired) electrons. The predicted octanol–water partition coefficient (Wildman–Crippen LogP) is 3.10. The average Bonchev–Trinajstić information content (AvgIpc) is 2.99. The van der Waals surface area contributed by atoms with Crippen LogP contribution in [0, 0.1) is 5.92 Å². The summed E-state index contributed by atoms with van der Waals surface area (Å²) in [4.78, 5) is 5.52. The maximum absolute atomic E-state index is 5.34. The zero-order valence-corrected chi connectivity index (χ0v) is 12.3. The summed E-state index contributed by atoms with van der Waals surface area (Å²) in [6.07, 6.45) is 3.30. The maximum atomic E-state index is 5.34. The van der Waals surface area contributed by atoms with E-state index in [0.717, 1.165) is 34.8 Å². The van der Waals surface area contributed by atoms with Crippen molar-refractivity contribution in [3.63, 3.8) is 0 Å². The van der Waals surface area contributed by atoms with E-state index >= 15 is 0 Å². The van der Waals surface area contributed by atoms with E-state index < -0.39 is 0 Å². The number of nitrogens with zero attached hydrogens (tertiary/aromatic N) is 2. The molecule has 1 aliphatic heterocycles. The Morgan fingerprint density at radius 1 is 1.44 bits per heavy atom. The topological polar surface area (TPSA) is 51.0 Å². The van der Waals surface area contributed by atoms with Gasteiger partial charge in [-0.3, -0.25) is 0 Å². The van der Waals surface area contributed by atoms with Crippen molar-refractivity contribution in [3.05, 3.63) is 21.8 Å². The van der Waals surface area contributed by atoms with Crippen LogP contribution in [0.1, 0.15) is 18.7 Å². The lowest BCUT2D eigenvalue weighted by molar-refractivity contribution is 0.313. The third-order valence-electron chi connectivity index (χ3n) is 3.18. The van der Waals surface area contributed by atoms with Crippen molar-refractivity contribution in [2.24, 2.45) is 5.92 Å². The molecule has 1 N–H and O–H groups in total. The molecule has 0 unspecified atom stereocenters. The standard InChI is InChI=1S/C12H14BrN3OS/c13-9-6-10(18-7-9)12-15-11(17-16-12)5-8-1-3-14-4-2-8/h6-8,14H,1-5H2. The number of rotatable bonds is 3. The minimum Gasteiger partial charge on any atom is -0.339 e. The van der Waals surface area contributed by atoms with Crippen LogP contribution in [0.3, 0.4) is 0 Å². The number of hydrogen-bond acceptors (Lipinski definition) is 5. The Balaban J connectivity index is 1.69. The largest absolute Gasteiger partial charge is 0.339 e. The molecule has 1 saturated heterocycles. The summed E-state index contributed by atoms with van der Waals surface area (Å²) < 4.78 is 6.40. The van der Waals surface area contributed by atoms with Crippen LogP contribution in [0.5, 0.6) is 0 Å². The molecule has 18 heavy (non-hydrogen) atoms. The maximum Gasteiger partial charge on any atom is 0.227 e. The molecule has 2 aromatic heterocycles. The van der Waals surface area contributed by atoms with Gasteiger partial charge in [0, 0.05) is 16.3 Å². The molecule has 0 aliphatic carbocycles. The first-order chi connectivity index (χ1) is 8.81. The lowest BCUT2D eigenvalue weighted by atomic mass is 9.95. The summed E-state index contributed by atoms with van der Waals surface area (Å²) in [5, 5.41) is 9.44. The number of thiophene rings is 1. The number of hydrogen-bond donors (Lipinski definition) is 1. The first-order valence-electron chi connectivity index (χ1n) is 6.09. The molecule has 3 heterocycles. The van der Waals surface area contributed by atoms with Gasteiger partial charge in [0.15, 0.2) is 0 Å². The lowest BCUT2D eigenvalue weighted by Crippen LogP contribution is -2.28. The molecule has 1 aliphatic rings. The van der Waals surface area contributed by atoms with E-state index in [1.807, 2.05) is 11.4 Å². The van der Waals surface area contributed by atoms with Crippen LogP contribution in [0.4, 0.5) is 0 Å². The molecule has 1 fully saturated rings. The molecule has 0 amide bonds. The van der Waals surface area contributed by atoms with Crippen molar-refractivity contribution in [1.29, 1.82) is 0 Å². The van der Waals surface area contributed by atoms with Crippen LogP contribution in [0.2, 0.25) is 0 Å². The molecular weight excluding hydrogens is 314 g/mol. The van der Waals surface area contributed by atoms with Gasteiger partial charge in [0.1, 0.15) is 0 Å². The first-order valence-corrected chi connectivity index (χ1v) is 7.76. The van der Waals surface area contributed by atoms with Crippen molar-refractivity contribution in [1.82, 2.24) is 15.5 Å². The average molecular weight is 328 g/mol. The van der Waals surface area contributed by atoms with Crippen molar-refractivity contribution >= 4 is 27.3 Å². The fraction of sp³-hybridized carbons (Fsp3) is 0.500. The Labute approximate surface area is 118 Å². The number of nitrogens with one attached hydrogen (secondary N) is 1. The molecule has 2 aromatic rings. The third kappa shape index (κ3) is 2.81. The molecule has 0 atom stereocenters. The Hall–Kier alpha value is -0.720. The van der Waals surface area contributed by atoms with Crippen molar-refractivity contribution in [3.8, 4) is 10.7 Å². The second kappa shape index (κ2) is 5.50. The van der Waals surface area contributed by atoms with E-state index in [1.165, 1.54) is 12.8 Å². The molecule has 0 bridgehead atoms. The summed E-state index contributed by atoms with van der Waals surface area (Å²) >= 11 is 5.05. The first kappa shape index (κ1) is 12.3. The monoisotopic (exact) mass is 327 g/mol. The second-order valence-electron chi connectivity index (χ2n) is 4.54. The summed E-state index contributed by atoms with van der Waals surface area (Å²) in [6.45, 7) is 2.20. The molecular formula is C12H14BrN3OS.